The Morgan fingerprint density at radius 2 is 1.55 bits per heavy atom. The predicted molar refractivity (Wildman–Crippen MR) is 28.2 cm³/mol. The smallest absolute Gasteiger partial charge is 0.276 e. The van der Waals surface area contributed by atoms with Crippen LogP contribution >= 0.6 is 0 Å². The lowest BCUT2D eigenvalue weighted by atomic mass is 10.2. The molecular weight excluding hydrogens is 171 g/mol. The number of ketones is 1. The first-order chi connectivity index (χ1) is 4.73. The summed E-state index contributed by atoms with van der Waals surface area (Å²) in [6.45, 7) is 1.01. The molecule has 0 radical (unpaired) electrons. The molecule has 0 rings (SSSR count). The molecule has 0 aromatic rings. The van der Waals surface area contributed by atoms with E-state index in [2.05, 4.69) is 0 Å². The van der Waals surface area contributed by atoms with Crippen LogP contribution in [0.1, 0.15) is 13.3 Å². The molecule has 0 heterocycles. The Balaban J connectivity index is 4.59. The van der Waals surface area contributed by atoms with Gasteiger partial charge in [0.1, 0.15) is 0 Å². The Morgan fingerprint density at radius 1 is 1.18 bits per heavy atom. The highest BCUT2D eigenvalue weighted by Crippen LogP contribution is 2.36. The lowest BCUT2D eigenvalue weighted by Crippen LogP contribution is -2.43. The maximum absolute atomic E-state index is 11.9. The largest absolute Gasteiger partial charge is 0.467 e. The molecule has 0 amide bonds. The summed E-state index contributed by atoms with van der Waals surface area (Å²) in [6, 6.07) is 0. The van der Waals surface area contributed by atoms with E-state index >= 15 is 0 Å². The molecule has 0 unspecified atom stereocenters. The highest BCUT2D eigenvalue weighted by atomic mass is 19.4. The average molecular weight is 177 g/mol. The van der Waals surface area contributed by atoms with Crippen LogP contribution in [0.5, 0.6) is 0 Å². The molecule has 11 heavy (non-hydrogen) atoms. The summed E-state index contributed by atoms with van der Waals surface area (Å²) < 4.78 is 57.8. The summed E-state index contributed by atoms with van der Waals surface area (Å²) in [5, 5.41) is 0. The number of hydrogen-bond acceptors (Lipinski definition) is 0. The standard InChI is InChI=1S/C5H5F5O/c1-2-3(11)4(6,7)5(8,9)10/h2H2,1H3/p+1. The molecule has 0 bridgehead atoms. The van der Waals surface area contributed by atoms with E-state index in [0.29, 0.717) is 0 Å². The molecule has 0 aromatic heterocycles. The zero-order valence-electron chi connectivity index (χ0n) is 5.54. The van der Waals surface area contributed by atoms with Crippen LogP contribution in [-0.4, -0.2) is 22.7 Å². The maximum Gasteiger partial charge on any atom is 0.467 e. The average Bonchev–Trinajstić information content (AvgIpc) is 1.83. The summed E-state index contributed by atoms with van der Waals surface area (Å²) in [4.78, 5) is 8.17. The lowest BCUT2D eigenvalue weighted by molar-refractivity contribution is -0.251. The Labute approximate surface area is 59.2 Å². The highest BCUT2D eigenvalue weighted by molar-refractivity contribution is 5.87. The topological polar surface area (TPSA) is 21.4 Å². The zero-order chi connectivity index (χ0) is 9.28. The van der Waals surface area contributed by atoms with Gasteiger partial charge in [-0.05, 0) is 0 Å². The minimum Gasteiger partial charge on any atom is -0.276 e. The van der Waals surface area contributed by atoms with Gasteiger partial charge in [-0.25, -0.2) is 0 Å². The molecule has 0 spiro atoms. The van der Waals surface area contributed by atoms with Crippen molar-refractivity contribution in [3.63, 3.8) is 0 Å². The number of hydrogen-bond donors (Lipinski definition) is 0. The fourth-order valence-electron chi connectivity index (χ4n) is 0.386. The van der Waals surface area contributed by atoms with Crippen LogP contribution in [0, 0.1) is 0 Å². The minimum absolute atomic E-state index is 0.716. The maximum atomic E-state index is 11.9. The third kappa shape index (κ3) is 1.87. The number of alkyl halides is 5. The molecule has 1 N–H and O–H groups in total. The predicted octanol–water partition coefficient (Wildman–Crippen LogP) is 2.14. The van der Waals surface area contributed by atoms with Crippen molar-refractivity contribution in [2.24, 2.45) is 0 Å². The Bertz CT molecular complexity index is 159. The van der Waals surface area contributed by atoms with Gasteiger partial charge >= 0.3 is 17.9 Å². The first-order valence-electron chi connectivity index (χ1n) is 2.73. The van der Waals surface area contributed by atoms with Crippen LogP contribution in [0.3, 0.4) is 0 Å². The van der Waals surface area contributed by atoms with Crippen LogP contribution in [0.25, 0.3) is 0 Å². The molecule has 0 fully saturated rings. The highest BCUT2D eigenvalue weighted by Gasteiger charge is 2.66. The molecule has 0 aliphatic heterocycles. The Kier molecular flexibility index (Phi) is 2.58. The van der Waals surface area contributed by atoms with Crippen LogP contribution in [-0.2, 0) is 0 Å². The van der Waals surface area contributed by atoms with Crippen LogP contribution in [0.2, 0.25) is 0 Å². The Hall–Kier alpha value is -0.680. The molecule has 0 aromatic carbocycles. The van der Waals surface area contributed by atoms with E-state index in [1.54, 1.807) is 0 Å². The molecule has 0 saturated heterocycles. The summed E-state index contributed by atoms with van der Waals surface area (Å²) in [7, 11) is 0. The normalized spacial score (nSPS) is 13.3. The molecular formula is C5H6F5O+. The second-order valence-corrected chi connectivity index (χ2v) is 1.87. The molecule has 0 aliphatic carbocycles. The Morgan fingerprint density at radius 3 is 1.64 bits per heavy atom. The number of halogens is 5. The van der Waals surface area contributed by atoms with Gasteiger partial charge in [0.15, 0.2) is 0 Å². The number of carbonyl (C=O) groups excluding carboxylic acids is 1. The monoisotopic (exact) mass is 177 g/mol. The van der Waals surface area contributed by atoms with Gasteiger partial charge in [0.2, 0.25) is 0 Å². The van der Waals surface area contributed by atoms with Gasteiger partial charge in [0.05, 0.1) is 6.42 Å². The van der Waals surface area contributed by atoms with Crippen molar-refractivity contribution < 1.29 is 26.7 Å². The quantitative estimate of drug-likeness (QED) is 0.455. The molecule has 0 aliphatic rings. The van der Waals surface area contributed by atoms with Gasteiger partial charge in [-0.3, -0.25) is 4.79 Å². The van der Waals surface area contributed by atoms with E-state index in [4.69, 9.17) is 4.79 Å². The van der Waals surface area contributed by atoms with Crippen molar-refractivity contribution in [1.82, 2.24) is 0 Å². The molecule has 0 atom stereocenters. The van der Waals surface area contributed by atoms with Crippen LogP contribution in [0.4, 0.5) is 22.0 Å². The summed E-state index contributed by atoms with van der Waals surface area (Å²) in [5.74, 6) is -6.94. The van der Waals surface area contributed by atoms with Crippen molar-refractivity contribution in [1.29, 1.82) is 0 Å². The van der Waals surface area contributed by atoms with Gasteiger partial charge in [0, 0.05) is 0 Å². The van der Waals surface area contributed by atoms with E-state index in [0.717, 1.165) is 6.92 Å². The van der Waals surface area contributed by atoms with Crippen molar-refractivity contribution in [2.45, 2.75) is 25.4 Å². The van der Waals surface area contributed by atoms with Gasteiger partial charge in [-0.1, -0.05) is 6.92 Å². The summed E-state index contributed by atoms with van der Waals surface area (Å²) >= 11 is 0. The second kappa shape index (κ2) is 2.75. The SMILES string of the molecule is CCC(=[OH+])C(F)(F)C(F)(F)F. The fourth-order valence-corrected chi connectivity index (χ4v) is 0.386. The lowest BCUT2D eigenvalue weighted by Gasteiger charge is -2.13. The van der Waals surface area contributed by atoms with Gasteiger partial charge in [0.25, 0.3) is 0 Å². The molecule has 0 saturated carbocycles. The van der Waals surface area contributed by atoms with Crippen molar-refractivity contribution >= 4 is 5.78 Å². The first kappa shape index (κ1) is 10.3. The molecule has 1 nitrogen and oxygen atoms in total. The van der Waals surface area contributed by atoms with E-state index < -0.39 is 24.3 Å². The van der Waals surface area contributed by atoms with Crippen molar-refractivity contribution in [2.75, 3.05) is 0 Å². The van der Waals surface area contributed by atoms with Crippen LogP contribution < -0.4 is 0 Å². The third-order valence-electron chi connectivity index (χ3n) is 1.05. The fraction of sp³-hybridized carbons (Fsp3) is 0.800. The first-order valence-corrected chi connectivity index (χ1v) is 2.73. The van der Waals surface area contributed by atoms with Gasteiger partial charge in [-0.15, -0.1) is 0 Å². The summed E-state index contributed by atoms with van der Waals surface area (Å²) in [5.41, 5.74) is 0. The number of rotatable bonds is 2. The zero-order valence-corrected chi connectivity index (χ0v) is 5.54. The van der Waals surface area contributed by atoms with E-state index in [9.17, 15) is 22.0 Å². The van der Waals surface area contributed by atoms with E-state index in [1.807, 2.05) is 0 Å². The van der Waals surface area contributed by atoms with Crippen molar-refractivity contribution in [3.05, 3.63) is 0 Å². The minimum atomic E-state index is -5.70. The van der Waals surface area contributed by atoms with Crippen molar-refractivity contribution in [3.8, 4) is 0 Å². The van der Waals surface area contributed by atoms with Gasteiger partial charge < -0.3 is 0 Å². The van der Waals surface area contributed by atoms with Crippen LogP contribution in [0.15, 0.2) is 0 Å². The second-order valence-electron chi connectivity index (χ2n) is 1.87. The van der Waals surface area contributed by atoms with E-state index in [1.165, 1.54) is 0 Å². The summed E-state index contributed by atoms with van der Waals surface area (Å²) in [6.07, 6.45) is -6.42. The molecule has 66 valence electrons. The third-order valence-corrected chi connectivity index (χ3v) is 1.05. The van der Waals surface area contributed by atoms with Gasteiger partial charge in [-0.2, -0.15) is 22.0 Å². The van der Waals surface area contributed by atoms with E-state index in [-0.39, 0.29) is 0 Å². The molecule has 6 heteroatoms.